The van der Waals surface area contributed by atoms with Crippen LogP contribution in [-0.2, 0) is 24.6 Å². The molecule has 0 aromatic heterocycles. The summed E-state index contributed by atoms with van der Waals surface area (Å²) in [5, 5.41) is 2.61. The van der Waals surface area contributed by atoms with Gasteiger partial charge in [-0.25, -0.2) is 4.72 Å². The minimum absolute atomic E-state index is 0.0899. The first-order valence-electron chi connectivity index (χ1n) is 11.3. The fourth-order valence-electron chi connectivity index (χ4n) is 3.90. The van der Waals surface area contributed by atoms with Gasteiger partial charge in [-0.05, 0) is 44.4 Å². The van der Waals surface area contributed by atoms with E-state index in [1.165, 1.54) is 14.1 Å². The van der Waals surface area contributed by atoms with Crippen LogP contribution in [0.15, 0.2) is 12.2 Å². The van der Waals surface area contributed by atoms with E-state index < -0.39 is 28.2 Å². The number of hydrogen-bond donors (Lipinski definition) is 3. The first-order valence-corrected chi connectivity index (χ1v) is 12.7. The standard InChI is InChI=1S/C21H37N5O5S/c1-23-20(28)18-12-9-13-26(18)21(29)17(22)11-8-6-4-5-7-10-15-14-16(15)19(27)24-32(30,31)25(2)3/h7,10,15-18H,4-6,8-9,11-14,22H2,1-3H3,(H,23,28)(H,24,27)/b10-7-/t15-,16+,17+,18+/m1/s1. The Labute approximate surface area is 191 Å². The van der Waals surface area contributed by atoms with Crippen LogP contribution < -0.4 is 15.8 Å². The lowest BCUT2D eigenvalue weighted by atomic mass is 10.1. The molecule has 1 aliphatic carbocycles. The third-order valence-corrected chi connectivity index (χ3v) is 7.48. The Morgan fingerprint density at radius 3 is 2.56 bits per heavy atom. The number of unbranched alkanes of at least 4 members (excludes halogenated alkanes) is 3. The summed E-state index contributed by atoms with van der Waals surface area (Å²) in [5.74, 6) is -0.931. The van der Waals surface area contributed by atoms with E-state index >= 15 is 0 Å². The summed E-state index contributed by atoms with van der Waals surface area (Å²) in [6, 6.07) is -0.986. The van der Waals surface area contributed by atoms with Crippen molar-refractivity contribution in [2.75, 3.05) is 27.7 Å². The van der Waals surface area contributed by atoms with E-state index in [2.05, 4.69) is 10.0 Å². The number of rotatable bonds is 12. The summed E-state index contributed by atoms with van der Waals surface area (Å²) in [6.07, 6.45) is 10.3. The van der Waals surface area contributed by atoms with Gasteiger partial charge in [0.1, 0.15) is 6.04 Å². The lowest BCUT2D eigenvalue weighted by molar-refractivity contribution is -0.139. The number of amides is 3. The smallest absolute Gasteiger partial charge is 0.303 e. The van der Waals surface area contributed by atoms with E-state index in [0.717, 1.165) is 36.4 Å². The summed E-state index contributed by atoms with van der Waals surface area (Å²) in [6.45, 7) is 0.580. The van der Waals surface area contributed by atoms with Crippen molar-refractivity contribution in [1.29, 1.82) is 0 Å². The van der Waals surface area contributed by atoms with Gasteiger partial charge in [0.2, 0.25) is 17.7 Å². The van der Waals surface area contributed by atoms with Gasteiger partial charge >= 0.3 is 10.2 Å². The molecular weight excluding hydrogens is 434 g/mol. The number of likely N-dealkylation sites (N-methyl/N-ethyl adjacent to an activating group) is 1. The van der Waals surface area contributed by atoms with Gasteiger partial charge in [-0.2, -0.15) is 12.7 Å². The molecule has 0 bridgehead atoms. The first kappa shape index (κ1) is 26.3. The number of carbonyl (C=O) groups excluding carboxylic acids is 3. The van der Waals surface area contributed by atoms with Crippen LogP contribution in [0.5, 0.6) is 0 Å². The average molecular weight is 472 g/mol. The van der Waals surface area contributed by atoms with Crippen molar-refractivity contribution < 1.29 is 22.8 Å². The number of allylic oxidation sites excluding steroid dienone is 2. The average Bonchev–Trinajstić information content (AvgIpc) is 3.36. The topological polar surface area (TPSA) is 142 Å². The van der Waals surface area contributed by atoms with Gasteiger partial charge in [0.25, 0.3) is 0 Å². The zero-order valence-corrected chi connectivity index (χ0v) is 20.1. The largest absolute Gasteiger partial charge is 0.357 e. The minimum Gasteiger partial charge on any atom is -0.357 e. The van der Waals surface area contributed by atoms with Crippen LogP contribution in [0.1, 0.15) is 51.4 Å². The van der Waals surface area contributed by atoms with Gasteiger partial charge in [0.05, 0.1) is 6.04 Å². The molecule has 2 rings (SSSR count). The highest BCUT2D eigenvalue weighted by Gasteiger charge is 2.42. The second-order valence-corrected chi connectivity index (χ2v) is 10.6. The Balaban J connectivity index is 1.60. The minimum atomic E-state index is -3.74. The fourth-order valence-corrected chi connectivity index (χ4v) is 4.49. The molecule has 0 radical (unpaired) electrons. The zero-order valence-electron chi connectivity index (χ0n) is 19.2. The van der Waals surface area contributed by atoms with Crippen molar-refractivity contribution in [3.05, 3.63) is 12.2 Å². The van der Waals surface area contributed by atoms with Crippen molar-refractivity contribution >= 4 is 27.9 Å². The number of carbonyl (C=O) groups is 3. The van der Waals surface area contributed by atoms with E-state index in [1.807, 2.05) is 12.2 Å². The van der Waals surface area contributed by atoms with Crippen LogP contribution >= 0.6 is 0 Å². The molecule has 1 aliphatic heterocycles. The first-order chi connectivity index (χ1) is 15.1. The summed E-state index contributed by atoms with van der Waals surface area (Å²) in [7, 11) is 0.582. The predicted octanol–water partition coefficient (Wildman–Crippen LogP) is 0.116. The maximum absolute atomic E-state index is 12.6. The Bertz CT molecular complexity index is 813. The lowest BCUT2D eigenvalue weighted by Crippen LogP contribution is -2.50. The van der Waals surface area contributed by atoms with Gasteiger partial charge in [-0.3, -0.25) is 14.4 Å². The number of nitrogens with zero attached hydrogens (tertiary/aromatic N) is 2. The predicted molar refractivity (Wildman–Crippen MR) is 121 cm³/mol. The Morgan fingerprint density at radius 1 is 1.19 bits per heavy atom. The molecule has 1 saturated carbocycles. The lowest BCUT2D eigenvalue weighted by Gasteiger charge is -2.26. The molecule has 2 aliphatic rings. The molecule has 1 saturated heterocycles. The molecule has 4 atom stereocenters. The highest BCUT2D eigenvalue weighted by Crippen LogP contribution is 2.40. The molecule has 10 nitrogen and oxygen atoms in total. The molecule has 32 heavy (non-hydrogen) atoms. The molecule has 3 amide bonds. The zero-order chi connectivity index (χ0) is 23.9. The van der Waals surface area contributed by atoms with Gasteiger partial charge in [-0.15, -0.1) is 0 Å². The molecule has 0 aromatic carbocycles. The van der Waals surface area contributed by atoms with E-state index in [4.69, 9.17) is 5.73 Å². The van der Waals surface area contributed by atoms with Crippen LogP contribution in [0.25, 0.3) is 0 Å². The Hall–Kier alpha value is -1.98. The summed E-state index contributed by atoms with van der Waals surface area (Å²) >= 11 is 0. The van der Waals surface area contributed by atoms with E-state index in [0.29, 0.717) is 25.8 Å². The maximum atomic E-state index is 12.6. The summed E-state index contributed by atoms with van der Waals surface area (Å²) in [4.78, 5) is 38.1. The molecular formula is C21H37N5O5S. The van der Waals surface area contributed by atoms with Crippen molar-refractivity contribution in [2.45, 2.75) is 63.5 Å². The molecule has 0 spiro atoms. The Morgan fingerprint density at radius 2 is 1.91 bits per heavy atom. The maximum Gasteiger partial charge on any atom is 0.303 e. The molecule has 4 N–H and O–H groups in total. The molecule has 2 fully saturated rings. The van der Waals surface area contributed by atoms with Crippen LogP contribution in [0.2, 0.25) is 0 Å². The SMILES string of the molecule is CNC(=O)[C@@H]1CCCN1C(=O)[C@@H](N)CCCCC/C=C\[C@@H]1C[C@@H]1C(=O)NS(=O)(=O)N(C)C. The van der Waals surface area contributed by atoms with E-state index in [9.17, 15) is 22.8 Å². The number of nitrogens with two attached hydrogens (primary N) is 1. The van der Waals surface area contributed by atoms with Crippen molar-refractivity contribution in [3.63, 3.8) is 0 Å². The number of hydrogen-bond acceptors (Lipinski definition) is 6. The van der Waals surface area contributed by atoms with Crippen molar-refractivity contribution in [1.82, 2.24) is 19.2 Å². The van der Waals surface area contributed by atoms with Gasteiger partial charge in [-0.1, -0.05) is 25.0 Å². The van der Waals surface area contributed by atoms with E-state index in [1.54, 1.807) is 11.9 Å². The summed E-state index contributed by atoms with van der Waals surface area (Å²) < 4.78 is 26.4. The van der Waals surface area contributed by atoms with Gasteiger partial charge < -0.3 is 16.0 Å². The quantitative estimate of drug-likeness (QED) is 0.273. The monoisotopic (exact) mass is 471 g/mol. The third kappa shape index (κ3) is 7.28. The molecule has 0 aromatic rings. The normalized spacial score (nSPS) is 24.0. The molecule has 1 heterocycles. The molecule has 182 valence electrons. The number of nitrogens with one attached hydrogen (secondary N) is 2. The van der Waals surface area contributed by atoms with Gasteiger partial charge in [0.15, 0.2) is 0 Å². The second kappa shape index (κ2) is 11.8. The highest BCUT2D eigenvalue weighted by molar-refractivity contribution is 7.87. The summed E-state index contributed by atoms with van der Waals surface area (Å²) in [5.41, 5.74) is 6.08. The fraction of sp³-hybridized carbons (Fsp3) is 0.762. The van der Waals surface area contributed by atoms with Crippen LogP contribution in [0, 0.1) is 11.8 Å². The second-order valence-electron chi connectivity index (χ2n) is 8.74. The molecule has 11 heteroatoms. The van der Waals surface area contributed by atoms with E-state index in [-0.39, 0.29) is 23.7 Å². The number of likely N-dealkylation sites (tertiary alicyclic amines) is 1. The van der Waals surface area contributed by atoms with Crippen LogP contribution in [0.3, 0.4) is 0 Å². The molecule has 0 unspecified atom stereocenters. The van der Waals surface area contributed by atoms with Crippen LogP contribution in [0.4, 0.5) is 0 Å². The van der Waals surface area contributed by atoms with Crippen LogP contribution in [-0.4, -0.2) is 75.1 Å². The van der Waals surface area contributed by atoms with Crippen molar-refractivity contribution in [2.24, 2.45) is 17.6 Å². The third-order valence-electron chi connectivity index (χ3n) is 6.06. The van der Waals surface area contributed by atoms with Gasteiger partial charge in [0, 0.05) is 33.6 Å². The van der Waals surface area contributed by atoms with Crippen molar-refractivity contribution in [3.8, 4) is 0 Å². The Kier molecular flexibility index (Phi) is 9.65. The highest BCUT2D eigenvalue weighted by atomic mass is 32.2.